The lowest BCUT2D eigenvalue weighted by atomic mass is 9.88. The fraction of sp³-hybridized carbons (Fsp3) is 0.893. The molecule has 7 fully saturated rings. The van der Waals surface area contributed by atoms with Gasteiger partial charge in [0.15, 0.2) is 31.5 Å². The molecule has 27 N–H and O–H groups in total. The van der Waals surface area contributed by atoms with Crippen molar-refractivity contribution in [2.24, 2.45) is 0 Å². The van der Waals surface area contributed by atoms with E-state index >= 15 is 0 Å². The number of hydrogen-bond acceptors (Lipinski definition) is 40. The van der Waals surface area contributed by atoms with Gasteiger partial charge < -0.3 is 200 Å². The van der Waals surface area contributed by atoms with E-state index in [1.165, 1.54) is 0 Å². The lowest BCUT2D eigenvalue weighted by Gasteiger charge is -2.51. The molecule has 0 aromatic rings. The number of aliphatic hydroxyl groups excluding tert-OH is 21. The van der Waals surface area contributed by atoms with Crippen LogP contribution in [0.25, 0.3) is 0 Å². The van der Waals surface area contributed by atoms with Gasteiger partial charge >= 0.3 is 11.9 Å². The van der Waals surface area contributed by atoms with Crippen molar-refractivity contribution in [1.29, 1.82) is 0 Å². The molecule has 7 aliphatic heterocycles. The van der Waals surface area contributed by atoms with Crippen molar-refractivity contribution in [3.8, 4) is 0 Å². The van der Waals surface area contributed by atoms with Crippen LogP contribution in [0, 0.1) is 0 Å². The predicted octanol–water partition coefficient (Wildman–Crippen LogP) is -17.3. The van der Waals surface area contributed by atoms with Crippen LogP contribution >= 0.6 is 0 Å². The van der Waals surface area contributed by atoms with Crippen LogP contribution in [0.5, 0.6) is 0 Å². The van der Waals surface area contributed by atoms with E-state index in [0.717, 1.165) is 27.7 Å². The van der Waals surface area contributed by atoms with E-state index in [-0.39, 0.29) is 0 Å². The standard InChI is InChI=1S/C56H92N4O42/c1-14(67)57-27-18(71)5-55(53(86)87,99-43(27)31(75)20(73)7-61)101-46-33(77)22(9-63)92-51(39(46)83)96-41-24(11-65)94-49(29(36(41)80)59-16(3)69)90-13-26-35(79)45(38(82)48(85)91-26)98-50-30(60-17(4)70)37(81)42(25(12-66)95-50)97-52-40(84)47(34(78)23(10-64)93-52)102-56(54(88)89)6-19(72)28(58-15(2)68)44(100-56)32(76)21(74)8-62/h18-52,61-66,71-85H,5-13H2,1-4H3,(H,57,67)(H,58,68)(H,59,69)(H,60,70)(H,86,87)(H,88,89)/t18-,19-,20+,21+,22+,23+,24+,25+,26+,27+,28+,29+,30-,31+,32+,33-,34-,35-,36+,37+,38+,39+,40+,41+,42+,43+,44+,45-,46-,47-,48+,49+,50-,51-,52-,55-,56-/m0/s1. The van der Waals surface area contributed by atoms with Crippen LogP contribution in [0.15, 0.2) is 0 Å². The topological polar surface area (TPSA) is 736 Å². The smallest absolute Gasteiger partial charge is 0.364 e. The molecule has 0 spiro atoms. The number of rotatable bonds is 29. The quantitative estimate of drug-likeness (QED) is 0.0331. The van der Waals surface area contributed by atoms with Crippen molar-refractivity contribution >= 4 is 35.6 Å². The molecule has 7 rings (SSSR count). The summed E-state index contributed by atoms with van der Waals surface area (Å²) < 4.78 is 74.6. The lowest BCUT2D eigenvalue weighted by molar-refractivity contribution is -0.387. The highest BCUT2D eigenvalue weighted by Gasteiger charge is 2.64. The summed E-state index contributed by atoms with van der Waals surface area (Å²) in [4.78, 5) is 75.9. The van der Waals surface area contributed by atoms with Gasteiger partial charge in [0.2, 0.25) is 23.6 Å². The molecule has 0 saturated carbocycles. The molecule has 7 saturated heterocycles. The number of ether oxygens (including phenoxy) is 13. The Hall–Kier alpha value is -4.54. The molecule has 46 nitrogen and oxygen atoms in total. The zero-order valence-corrected chi connectivity index (χ0v) is 54.6. The van der Waals surface area contributed by atoms with Gasteiger partial charge in [-0.15, -0.1) is 0 Å². The number of carbonyl (C=O) groups is 6. The second kappa shape index (κ2) is 35.9. The largest absolute Gasteiger partial charge is 0.477 e. The maximum atomic E-state index is 13.1. The third-order valence-corrected chi connectivity index (χ3v) is 18.1. The van der Waals surface area contributed by atoms with E-state index in [1.54, 1.807) is 0 Å². The van der Waals surface area contributed by atoms with Crippen LogP contribution in [-0.4, -0.2) is 425 Å². The molecule has 7 aliphatic rings. The maximum absolute atomic E-state index is 13.1. The second-order valence-corrected chi connectivity index (χ2v) is 25.4. The Bertz CT molecular complexity index is 2780. The number of aliphatic hydroxyl groups is 21. The summed E-state index contributed by atoms with van der Waals surface area (Å²) in [6.45, 7) is -4.19. The number of carboxylic acid groups (broad SMARTS) is 2. The third kappa shape index (κ3) is 18.5. The monoisotopic (exact) mass is 1490 g/mol. The Morgan fingerprint density at radius 3 is 1.09 bits per heavy atom. The summed E-state index contributed by atoms with van der Waals surface area (Å²) in [5.41, 5.74) is 0. The van der Waals surface area contributed by atoms with Gasteiger partial charge in [-0.25, -0.2) is 9.59 Å². The first-order valence-corrected chi connectivity index (χ1v) is 31.9. The molecular weight excluding hydrogens is 1400 g/mol. The van der Waals surface area contributed by atoms with Gasteiger partial charge in [-0.3, -0.25) is 19.2 Å². The first kappa shape index (κ1) is 84.7. The fourth-order valence-electron chi connectivity index (χ4n) is 12.9. The van der Waals surface area contributed by atoms with Crippen LogP contribution in [-0.2, 0) is 90.3 Å². The Labute approximate surface area is 576 Å². The minimum atomic E-state index is -3.24. The van der Waals surface area contributed by atoms with E-state index < -0.39 is 321 Å². The molecular formula is C56H92N4O42. The maximum Gasteiger partial charge on any atom is 0.364 e. The van der Waals surface area contributed by atoms with Gasteiger partial charge in [0.25, 0.3) is 11.6 Å². The summed E-state index contributed by atoms with van der Waals surface area (Å²) in [7, 11) is 0. The summed E-state index contributed by atoms with van der Waals surface area (Å²) in [6, 6.07) is -7.19. The Kier molecular flexibility index (Phi) is 29.8. The van der Waals surface area contributed by atoms with Crippen molar-refractivity contribution in [2.45, 2.75) is 266 Å². The summed E-state index contributed by atoms with van der Waals surface area (Å²) >= 11 is 0. The zero-order chi connectivity index (χ0) is 76.1. The molecule has 0 aromatic heterocycles. The fourth-order valence-corrected chi connectivity index (χ4v) is 12.9. The molecule has 4 amide bonds. The molecule has 0 aromatic carbocycles. The SMILES string of the molecule is CC(=O)N[C@@H]1[C@H](O[C@@H]2[C@@H](O)[C@H](O)O[C@H](CO[C@@H]3O[C@H](CO)[C@@H](O[C@@H]4O[C@H](CO)[C@H](O)[C@H](O[C@]5(C(=O)O)C[C@H](O)[C@@H](NC(C)=O)[C@H]([C@H](O)[C@H](O)CO)O5)[C@H]4O)[C@H](O)[C@H]3NC(C)=O)[C@@H]2O)O[C@H](CO)[C@@H](O[C@@H]2O[C@H](CO)[C@H](O)[C@H](O[C@]3(C(=O)O)C[C@H](O)[C@@H](NC(C)=O)[C@H]([C@H](O)[C@H](O)CO)O3)[C@H]2O)[C@@H]1O. The summed E-state index contributed by atoms with van der Waals surface area (Å²) in [6.07, 6.45) is -69.0. The van der Waals surface area contributed by atoms with E-state index in [9.17, 15) is 146 Å². The van der Waals surface area contributed by atoms with Crippen LogP contribution < -0.4 is 21.3 Å². The second-order valence-electron chi connectivity index (χ2n) is 25.4. The molecule has 7 heterocycles. The van der Waals surface area contributed by atoms with E-state index in [2.05, 4.69) is 21.3 Å². The van der Waals surface area contributed by atoms with Gasteiger partial charge in [0.1, 0.15) is 159 Å². The third-order valence-electron chi connectivity index (χ3n) is 18.1. The zero-order valence-electron chi connectivity index (χ0n) is 54.6. The predicted molar refractivity (Wildman–Crippen MR) is 313 cm³/mol. The molecule has 0 aliphatic carbocycles. The molecule has 0 unspecified atom stereocenters. The number of carbonyl (C=O) groups excluding carboxylic acids is 4. The van der Waals surface area contributed by atoms with Crippen molar-refractivity contribution in [3.63, 3.8) is 0 Å². The number of aliphatic carboxylic acids is 2. The minimum Gasteiger partial charge on any atom is -0.477 e. The number of nitrogens with one attached hydrogen (secondary N) is 4. The van der Waals surface area contributed by atoms with E-state index in [0.29, 0.717) is 0 Å². The van der Waals surface area contributed by atoms with E-state index in [4.69, 9.17) is 61.6 Å². The van der Waals surface area contributed by atoms with Gasteiger partial charge in [0, 0.05) is 40.5 Å². The number of amides is 4. The molecule has 588 valence electrons. The highest BCUT2D eigenvalue weighted by Crippen LogP contribution is 2.42. The molecule has 46 heteroatoms. The highest BCUT2D eigenvalue weighted by molar-refractivity contribution is 5.78. The molecule has 0 radical (unpaired) electrons. The van der Waals surface area contributed by atoms with Crippen LogP contribution in [0.2, 0.25) is 0 Å². The van der Waals surface area contributed by atoms with Crippen molar-refractivity contribution in [3.05, 3.63) is 0 Å². The Morgan fingerprint density at radius 2 is 0.735 bits per heavy atom. The van der Waals surface area contributed by atoms with Crippen LogP contribution in [0.3, 0.4) is 0 Å². The lowest BCUT2D eigenvalue weighted by Crippen LogP contribution is -2.71. The average Bonchev–Trinajstić information content (AvgIpc) is 0.755. The van der Waals surface area contributed by atoms with Gasteiger partial charge in [-0.1, -0.05) is 0 Å². The van der Waals surface area contributed by atoms with Crippen LogP contribution in [0.4, 0.5) is 0 Å². The van der Waals surface area contributed by atoms with Crippen molar-refractivity contribution < 1.29 is 208 Å². The number of carboxylic acids is 2. The Morgan fingerprint density at radius 1 is 0.402 bits per heavy atom. The van der Waals surface area contributed by atoms with Crippen molar-refractivity contribution in [2.75, 3.05) is 46.2 Å². The molecule has 37 atom stereocenters. The van der Waals surface area contributed by atoms with Gasteiger partial charge in [-0.2, -0.15) is 0 Å². The number of hydrogen-bond donors (Lipinski definition) is 27. The van der Waals surface area contributed by atoms with Gasteiger partial charge in [0.05, 0.1) is 70.5 Å². The summed E-state index contributed by atoms with van der Waals surface area (Å²) in [5, 5.41) is 260. The normalized spacial score (nSPS) is 44.6. The molecule has 102 heavy (non-hydrogen) atoms. The first-order valence-electron chi connectivity index (χ1n) is 31.9. The minimum absolute atomic E-state index is 0.847. The first-order chi connectivity index (χ1) is 47.9. The Balaban J connectivity index is 1.07. The summed E-state index contributed by atoms with van der Waals surface area (Å²) in [5.74, 6) is -14.3. The highest BCUT2D eigenvalue weighted by atomic mass is 16.8. The van der Waals surface area contributed by atoms with E-state index in [1.807, 2.05) is 0 Å². The van der Waals surface area contributed by atoms with Crippen molar-refractivity contribution in [1.82, 2.24) is 21.3 Å². The van der Waals surface area contributed by atoms with Gasteiger partial charge in [-0.05, 0) is 0 Å². The molecule has 0 bridgehead atoms. The van der Waals surface area contributed by atoms with Crippen LogP contribution in [0.1, 0.15) is 40.5 Å². The average molecular weight is 1490 g/mol.